The maximum Gasteiger partial charge on any atom is 0.407 e. The fourth-order valence-corrected chi connectivity index (χ4v) is 5.56. The Hall–Kier alpha value is -5.09. The summed E-state index contributed by atoms with van der Waals surface area (Å²) in [7, 11) is 4.26. The summed E-state index contributed by atoms with van der Waals surface area (Å²) in [5, 5.41) is 2.70. The number of carbonyl (C=O) groups is 3. The third kappa shape index (κ3) is 7.76. The van der Waals surface area contributed by atoms with Gasteiger partial charge >= 0.3 is 12.1 Å². The van der Waals surface area contributed by atoms with E-state index in [1.807, 2.05) is 36.4 Å². The van der Waals surface area contributed by atoms with Crippen molar-refractivity contribution in [1.82, 2.24) is 10.2 Å². The summed E-state index contributed by atoms with van der Waals surface area (Å²) in [6.45, 7) is 7.40. The van der Waals surface area contributed by atoms with E-state index >= 15 is 0 Å². The minimum absolute atomic E-state index is 0.0662. The average Bonchev–Trinajstić information content (AvgIpc) is 3.41. The van der Waals surface area contributed by atoms with Gasteiger partial charge < -0.3 is 33.9 Å². The number of hydrogen-bond donors (Lipinski definition) is 1. The third-order valence-corrected chi connectivity index (χ3v) is 7.82. The number of nitrogens with zero attached hydrogens (tertiary/aromatic N) is 1. The molecule has 3 aromatic carbocycles. The Balaban J connectivity index is 1.58. The highest BCUT2D eigenvalue weighted by Crippen LogP contribution is 2.44. The Bertz CT molecular complexity index is 1510. The minimum Gasteiger partial charge on any atom is -0.497 e. The molecular formula is C36H40N2O8. The normalized spacial score (nSPS) is 12.9. The second-order valence-electron chi connectivity index (χ2n) is 10.6. The highest BCUT2D eigenvalue weighted by Gasteiger charge is 2.36. The average molecular weight is 629 g/mol. The molecule has 0 saturated carbocycles. The van der Waals surface area contributed by atoms with E-state index in [4.69, 9.17) is 23.7 Å². The summed E-state index contributed by atoms with van der Waals surface area (Å²) in [4.78, 5) is 41.8. The molecule has 0 heterocycles. The van der Waals surface area contributed by atoms with Crippen LogP contribution >= 0.6 is 0 Å². The van der Waals surface area contributed by atoms with Gasteiger partial charge in [-0.2, -0.15) is 0 Å². The van der Waals surface area contributed by atoms with Crippen molar-refractivity contribution < 1.29 is 38.1 Å². The van der Waals surface area contributed by atoms with Crippen LogP contribution in [0.1, 0.15) is 29.0 Å². The monoisotopic (exact) mass is 628 g/mol. The van der Waals surface area contributed by atoms with Crippen molar-refractivity contribution in [1.29, 1.82) is 0 Å². The molecule has 2 amide bonds. The Labute approximate surface area is 269 Å². The van der Waals surface area contributed by atoms with Crippen LogP contribution < -0.4 is 14.8 Å². The SMILES string of the molecule is C=CCOC[C@@H](C(=O)OC)N(Cc1ccc(OC)cc1OC)C(=O)[C@H](CC=C)NC(=O)OCC1c2ccccc2-c2ccccc21. The van der Waals surface area contributed by atoms with E-state index in [2.05, 4.69) is 30.6 Å². The van der Waals surface area contributed by atoms with Crippen LogP contribution in [0.3, 0.4) is 0 Å². The molecule has 0 bridgehead atoms. The lowest BCUT2D eigenvalue weighted by atomic mass is 9.98. The quantitative estimate of drug-likeness (QED) is 0.130. The number of benzene rings is 3. The zero-order valence-corrected chi connectivity index (χ0v) is 26.4. The van der Waals surface area contributed by atoms with Gasteiger partial charge in [-0.15, -0.1) is 13.2 Å². The molecule has 0 aliphatic heterocycles. The van der Waals surface area contributed by atoms with Crippen molar-refractivity contribution in [2.24, 2.45) is 0 Å². The van der Waals surface area contributed by atoms with Gasteiger partial charge in [-0.05, 0) is 40.8 Å². The molecule has 0 fully saturated rings. The van der Waals surface area contributed by atoms with Crippen molar-refractivity contribution in [3.05, 3.63) is 109 Å². The molecule has 0 radical (unpaired) electrons. The summed E-state index contributed by atoms with van der Waals surface area (Å²) >= 11 is 0. The van der Waals surface area contributed by atoms with Crippen LogP contribution in [0.15, 0.2) is 92.0 Å². The van der Waals surface area contributed by atoms with E-state index in [1.54, 1.807) is 18.2 Å². The zero-order chi connectivity index (χ0) is 33.1. The second-order valence-corrected chi connectivity index (χ2v) is 10.6. The summed E-state index contributed by atoms with van der Waals surface area (Å²) in [5.41, 5.74) is 4.92. The highest BCUT2D eigenvalue weighted by molar-refractivity contribution is 5.90. The largest absolute Gasteiger partial charge is 0.497 e. The number of esters is 1. The summed E-state index contributed by atoms with van der Waals surface area (Å²) in [6.07, 6.45) is 2.34. The predicted molar refractivity (Wildman–Crippen MR) is 174 cm³/mol. The van der Waals surface area contributed by atoms with Gasteiger partial charge in [-0.3, -0.25) is 4.79 Å². The molecule has 0 unspecified atom stereocenters. The standard InChI is InChI=1S/C36H40N2O8/c1-6-12-31(37-36(41)46-22-30-28-15-10-8-13-26(28)27-14-9-11-16-29(27)30)34(39)38(32(35(40)44-5)23-45-19-7-2)21-24-17-18-25(42-3)20-33(24)43-4/h6-11,13-18,20,30-32H,1-2,12,19,21-23H2,3-5H3,(H,37,41)/t31-,32-/m0/s1. The molecular weight excluding hydrogens is 588 g/mol. The first-order chi connectivity index (χ1) is 22.4. The fourth-order valence-electron chi connectivity index (χ4n) is 5.56. The zero-order valence-electron chi connectivity index (χ0n) is 26.4. The van der Waals surface area contributed by atoms with E-state index in [0.29, 0.717) is 17.1 Å². The van der Waals surface area contributed by atoms with Crippen molar-refractivity contribution in [2.45, 2.75) is 31.0 Å². The molecule has 3 aromatic rings. The Kier molecular flexibility index (Phi) is 12.0. The van der Waals surface area contributed by atoms with Gasteiger partial charge in [0.2, 0.25) is 5.91 Å². The molecule has 1 aliphatic rings. The van der Waals surface area contributed by atoms with Gasteiger partial charge in [-0.1, -0.05) is 60.7 Å². The van der Waals surface area contributed by atoms with E-state index in [0.717, 1.165) is 22.3 Å². The molecule has 0 spiro atoms. The molecule has 46 heavy (non-hydrogen) atoms. The van der Waals surface area contributed by atoms with Crippen LogP contribution in [-0.4, -0.2) is 76.1 Å². The van der Waals surface area contributed by atoms with Gasteiger partial charge in [-0.25, -0.2) is 9.59 Å². The number of methoxy groups -OCH3 is 3. The lowest BCUT2D eigenvalue weighted by molar-refractivity contribution is -0.156. The number of hydrogen-bond acceptors (Lipinski definition) is 8. The maximum absolute atomic E-state index is 14.2. The van der Waals surface area contributed by atoms with Crippen LogP contribution in [0.25, 0.3) is 11.1 Å². The van der Waals surface area contributed by atoms with Gasteiger partial charge in [0.1, 0.15) is 24.1 Å². The van der Waals surface area contributed by atoms with Crippen LogP contribution in [0.2, 0.25) is 0 Å². The van der Waals surface area contributed by atoms with Gasteiger partial charge in [0.05, 0.1) is 41.1 Å². The summed E-state index contributed by atoms with van der Waals surface area (Å²) in [6, 6.07) is 18.9. The first-order valence-electron chi connectivity index (χ1n) is 14.9. The molecule has 4 rings (SSSR count). The van der Waals surface area contributed by atoms with E-state index in [-0.39, 0.29) is 38.7 Å². The predicted octanol–water partition coefficient (Wildman–Crippen LogP) is 5.26. The van der Waals surface area contributed by atoms with E-state index in [9.17, 15) is 14.4 Å². The fraction of sp³-hybridized carbons (Fsp3) is 0.306. The number of fused-ring (bicyclic) bond motifs is 3. The first-order valence-corrected chi connectivity index (χ1v) is 14.9. The Morgan fingerprint density at radius 3 is 2.17 bits per heavy atom. The topological polar surface area (TPSA) is 113 Å². The molecule has 1 aliphatic carbocycles. The third-order valence-electron chi connectivity index (χ3n) is 7.82. The van der Waals surface area contributed by atoms with Gasteiger partial charge in [0.15, 0.2) is 6.04 Å². The number of alkyl carbamates (subject to hydrolysis) is 1. The molecule has 242 valence electrons. The van der Waals surface area contributed by atoms with Crippen LogP contribution in [0, 0.1) is 0 Å². The second kappa shape index (κ2) is 16.3. The van der Waals surface area contributed by atoms with Crippen LogP contribution in [-0.2, 0) is 30.3 Å². The van der Waals surface area contributed by atoms with Crippen molar-refractivity contribution in [3.8, 4) is 22.6 Å². The van der Waals surface area contributed by atoms with Crippen LogP contribution in [0.5, 0.6) is 11.5 Å². The van der Waals surface area contributed by atoms with E-state index < -0.39 is 30.1 Å². The molecule has 0 aromatic heterocycles. The Morgan fingerprint density at radius 1 is 0.913 bits per heavy atom. The lowest BCUT2D eigenvalue weighted by Gasteiger charge is -2.33. The molecule has 10 heteroatoms. The van der Waals surface area contributed by atoms with Crippen molar-refractivity contribution >= 4 is 18.0 Å². The first kappa shape index (κ1) is 33.8. The summed E-state index contributed by atoms with van der Waals surface area (Å²) in [5.74, 6) is -0.417. The molecule has 1 N–H and O–H groups in total. The van der Waals surface area contributed by atoms with Crippen molar-refractivity contribution in [2.75, 3.05) is 41.2 Å². The number of ether oxygens (including phenoxy) is 5. The van der Waals surface area contributed by atoms with E-state index in [1.165, 1.54) is 38.4 Å². The highest BCUT2D eigenvalue weighted by atomic mass is 16.5. The Morgan fingerprint density at radius 2 is 1.59 bits per heavy atom. The number of rotatable bonds is 16. The van der Waals surface area contributed by atoms with Crippen LogP contribution in [0.4, 0.5) is 4.79 Å². The number of nitrogens with one attached hydrogen (secondary N) is 1. The number of carbonyl (C=O) groups excluding carboxylic acids is 3. The summed E-state index contributed by atoms with van der Waals surface area (Å²) < 4.78 is 27.2. The van der Waals surface area contributed by atoms with Gasteiger partial charge in [0.25, 0.3) is 0 Å². The smallest absolute Gasteiger partial charge is 0.407 e. The lowest BCUT2D eigenvalue weighted by Crippen LogP contribution is -2.55. The molecule has 2 atom stereocenters. The molecule has 10 nitrogen and oxygen atoms in total. The maximum atomic E-state index is 14.2. The molecule has 0 saturated heterocycles. The van der Waals surface area contributed by atoms with Crippen molar-refractivity contribution in [3.63, 3.8) is 0 Å². The number of amides is 2. The minimum atomic E-state index is -1.15. The van der Waals surface area contributed by atoms with Gasteiger partial charge in [0, 0.05) is 17.5 Å².